The van der Waals surface area contributed by atoms with Gasteiger partial charge in [-0.15, -0.1) is 0 Å². The largest absolute Gasteiger partial charge is 0.435 e. The molecule has 0 amide bonds. The summed E-state index contributed by atoms with van der Waals surface area (Å²) in [7, 11) is 0. The Bertz CT molecular complexity index is 328. The van der Waals surface area contributed by atoms with Gasteiger partial charge in [0, 0.05) is 11.5 Å². The second-order valence-electron chi connectivity index (χ2n) is 2.96. The lowest BCUT2D eigenvalue weighted by Gasteiger charge is -2.14. The standard InChI is InChI=1S/C10H10F3O2/c1-6(5-14)8-4-7(11)2-3-9(8)15-10(12)13/h2-4,10,14H,5H2,1H3. The molecule has 0 bridgehead atoms. The Morgan fingerprint density at radius 2 is 2.13 bits per heavy atom. The predicted octanol–water partition coefficient (Wildman–Crippen LogP) is 2.36. The number of alkyl halides is 2. The first-order valence-electron chi connectivity index (χ1n) is 4.22. The third kappa shape index (κ3) is 3.13. The van der Waals surface area contributed by atoms with E-state index in [4.69, 9.17) is 5.11 Å². The van der Waals surface area contributed by atoms with Crippen LogP contribution >= 0.6 is 0 Å². The molecule has 1 aromatic rings. The maximum atomic E-state index is 12.8. The summed E-state index contributed by atoms with van der Waals surface area (Å²) in [5.74, 6) is -0.345. The zero-order valence-corrected chi connectivity index (χ0v) is 8.01. The first-order valence-corrected chi connectivity index (χ1v) is 4.22. The number of ether oxygens (including phenoxy) is 1. The molecule has 1 N–H and O–H groups in total. The molecule has 0 unspecified atom stereocenters. The van der Waals surface area contributed by atoms with Crippen LogP contribution in [0.3, 0.4) is 0 Å². The third-order valence-corrected chi connectivity index (χ3v) is 1.85. The summed E-state index contributed by atoms with van der Waals surface area (Å²) in [4.78, 5) is 0. The van der Waals surface area contributed by atoms with Gasteiger partial charge in [-0.3, -0.25) is 0 Å². The van der Waals surface area contributed by atoms with Crippen LogP contribution in [0.25, 0.3) is 0 Å². The van der Waals surface area contributed by atoms with Crippen molar-refractivity contribution < 1.29 is 23.0 Å². The predicted molar refractivity (Wildman–Crippen MR) is 48.1 cm³/mol. The van der Waals surface area contributed by atoms with E-state index in [1.807, 2.05) is 0 Å². The van der Waals surface area contributed by atoms with Gasteiger partial charge >= 0.3 is 6.61 Å². The Labute approximate surface area is 85.3 Å². The highest BCUT2D eigenvalue weighted by Crippen LogP contribution is 2.27. The number of aliphatic hydroxyl groups excluding tert-OH is 1. The molecular weight excluding hydrogens is 209 g/mol. The highest BCUT2D eigenvalue weighted by molar-refractivity contribution is 5.43. The molecule has 0 aliphatic heterocycles. The van der Waals surface area contributed by atoms with Crippen LogP contribution in [0.4, 0.5) is 13.2 Å². The van der Waals surface area contributed by atoms with E-state index < -0.39 is 12.4 Å². The summed E-state index contributed by atoms with van der Waals surface area (Å²) in [5, 5.41) is 8.84. The highest BCUT2D eigenvalue weighted by Gasteiger charge is 2.15. The number of benzene rings is 1. The Kier molecular flexibility index (Phi) is 3.96. The second kappa shape index (κ2) is 5.02. The summed E-state index contributed by atoms with van der Waals surface area (Å²) >= 11 is 0. The molecule has 0 spiro atoms. The average molecular weight is 219 g/mol. The van der Waals surface area contributed by atoms with E-state index in [0.717, 1.165) is 18.2 Å². The van der Waals surface area contributed by atoms with Gasteiger partial charge in [0.05, 0.1) is 6.61 Å². The van der Waals surface area contributed by atoms with E-state index >= 15 is 0 Å². The molecular formula is C10H10F3O2. The topological polar surface area (TPSA) is 29.5 Å². The number of rotatable bonds is 4. The molecule has 0 fully saturated rings. The van der Waals surface area contributed by atoms with Gasteiger partial charge in [0.25, 0.3) is 0 Å². The van der Waals surface area contributed by atoms with Crippen LogP contribution in [0.2, 0.25) is 0 Å². The fourth-order valence-electron chi connectivity index (χ4n) is 1.12. The van der Waals surface area contributed by atoms with Gasteiger partial charge in [-0.1, -0.05) is 6.92 Å². The molecule has 0 aliphatic rings. The van der Waals surface area contributed by atoms with Crippen molar-refractivity contribution >= 4 is 0 Å². The van der Waals surface area contributed by atoms with Crippen LogP contribution in [-0.2, 0) is 0 Å². The van der Waals surface area contributed by atoms with Gasteiger partial charge in [0.15, 0.2) is 0 Å². The van der Waals surface area contributed by atoms with Gasteiger partial charge < -0.3 is 9.84 Å². The van der Waals surface area contributed by atoms with E-state index in [9.17, 15) is 13.2 Å². The molecule has 1 aromatic carbocycles. The average Bonchev–Trinajstić information content (AvgIpc) is 2.19. The van der Waals surface area contributed by atoms with Crippen LogP contribution < -0.4 is 4.74 Å². The highest BCUT2D eigenvalue weighted by atomic mass is 19.3. The molecule has 15 heavy (non-hydrogen) atoms. The van der Waals surface area contributed by atoms with Crippen LogP contribution in [-0.4, -0.2) is 18.3 Å². The third-order valence-electron chi connectivity index (χ3n) is 1.85. The molecule has 5 heteroatoms. The summed E-state index contributed by atoms with van der Waals surface area (Å²) < 4.78 is 41.0. The first kappa shape index (κ1) is 11.8. The molecule has 1 rings (SSSR count). The van der Waals surface area contributed by atoms with E-state index in [-0.39, 0.29) is 17.9 Å². The Hall–Kier alpha value is -1.23. The van der Waals surface area contributed by atoms with Crippen LogP contribution in [0, 0.1) is 11.7 Å². The molecule has 0 aromatic heterocycles. The maximum absolute atomic E-state index is 12.8. The summed E-state index contributed by atoms with van der Waals surface area (Å²) in [5.41, 5.74) is 0.151. The van der Waals surface area contributed by atoms with Crippen LogP contribution in [0.1, 0.15) is 12.5 Å². The van der Waals surface area contributed by atoms with Crippen LogP contribution in [0.15, 0.2) is 18.2 Å². The van der Waals surface area contributed by atoms with Crippen molar-refractivity contribution in [2.45, 2.75) is 13.5 Å². The Balaban J connectivity index is 3.02. The number of aliphatic hydroxyl groups is 1. The van der Waals surface area contributed by atoms with Gasteiger partial charge in [0.2, 0.25) is 0 Å². The van der Waals surface area contributed by atoms with Crippen molar-refractivity contribution in [3.63, 3.8) is 0 Å². The maximum Gasteiger partial charge on any atom is 0.387 e. The molecule has 2 nitrogen and oxygen atoms in total. The quantitative estimate of drug-likeness (QED) is 0.842. The lowest BCUT2D eigenvalue weighted by Crippen LogP contribution is -2.08. The van der Waals surface area contributed by atoms with Crippen molar-refractivity contribution in [3.8, 4) is 5.75 Å². The lowest BCUT2D eigenvalue weighted by molar-refractivity contribution is -0.0504. The second-order valence-corrected chi connectivity index (χ2v) is 2.96. The normalized spacial score (nSPS) is 11.1. The van der Waals surface area contributed by atoms with E-state index in [1.54, 1.807) is 0 Å². The van der Waals surface area contributed by atoms with Gasteiger partial charge in [-0.05, 0) is 18.2 Å². The monoisotopic (exact) mass is 219 g/mol. The molecule has 0 saturated carbocycles. The number of hydrogen-bond acceptors (Lipinski definition) is 2. The summed E-state index contributed by atoms with van der Waals surface area (Å²) in [6.45, 7) is -1.81. The lowest BCUT2D eigenvalue weighted by atomic mass is 10.0. The molecule has 0 saturated heterocycles. The Morgan fingerprint density at radius 3 is 2.67 bits per heavy atom. The minimum absolute atomic E-state index is 0.141. The van der Waals surface area contributed by atoms with Gasteiger partial charge in [0.1, 0.15) is 11.6 Å². The minimum Gasteiger partial charge on any atom is -0.435 e. The first-order chi connectivity index (χ1) is 7.04. The summed E-state index contributed by atoms with van der Waals surface area (Å²) in [6.07, 6.45) is 0. The van der Waals surface area contributed by atoms with Crippen LogP contribution in [0.5, 0.6) is 5.75 Å². The Morgan fingerprint density at radius 1 is 1.47 bits per heavy atom. The smallest absolute Gasteiger partial charge is 0.387 e. The van der Waals surface area contributed by atoms with Crippen molar-refractivity contribution in [3.05, 3.63) is 35.5 Å². The molecule has 1 radical (unpaired) electrons. The van der Waals surface area contributed by atoms with E-state index in [0.29, 0.717) is 5.92 Å². The van der Waals surface area contributed by atoms with Crippen molar-refractivity contribution in [1.82, 2.24) is 0 Å². The van der Waals surface area contributed by atoms with E-state index in [2.05, 4.69) is 4.74 Å². The minimum atomic E-state index is -2.97. The fourth-order valence-corrected chi connectivity index (χ4v) is 1.12. The summed E-state index contributed by atoms with van der Waals surface area (Å²) in [6, 6.07) is 3.17. The number of hydrogen-bond donors (Lipinski definition) is 1. The molecule has 0 heterocycles. The molecule has 0 aliphatic carbocycles. The SMILES string of the molecule is C[C](CO)c1cc(F)ccc1OC(F)F. The van der Waals surface area contributed by atoms with Crippen molar-refractivity contribution in [2.75, 3.05) is 6.61 Å². The zero-order valence-electron chi connectivity index (χ0n) is 8.01. The molecule has 83 valence electrons. The van der Waals surface area contributed by atoms with E-state index in [1.165, 1.54) is 6.92 Å². The fraction of sp³-hybridized carbons (Fsp3) is 0.300. The zero-order chi connectivity index (χ0) is 11.4. The van der Waals surface area contributed by atoms with Gasteiger partial charge in [-0.25, -0.2) is 4.39 Å². The molecule has 0 atom stereocenters. The van der Waals surface area contributed by atoms with Crippen molar-refractivity contribution in [2.24, 2.45) is 0 Å². The van der Waals surface area contributed by atoms with Gasteiger partial charge in [-0.2, -0.15) is 8.78 Å². The van der Waals surface area contributed by atoms with Crippen molar-refractivity contribution in [1.29, 1.82) is 0 Å². The number of halogens is 3.